The molecule has 43 heavy (non-hydrogen) atoms. The molecule has 3 aromatic carbocycles. The second-order valence-corrected chi connectivity index (χ2v) is 12.6. The minimum atomic E-state index is -0.612. The molecule has 1 aliphatic heterocycles. The normalized spacial score (nSPS) is 18.1. The van der Waals surface area contributed by atoms with E-state index < -0.39 is 5.60 Å². The van der Waals surface area contributed by atoms with Gasteiger partial charge in [-0.15, -0.1) is 0 Å². The van der Waals surface area contributed by atoms with Gasteiger partial charge in [0, 0.05) is 24.4 Å². The number of carbonyl (C=O) groups excluding carboxylic acids is 2. The summed E-state index contributed by atoms with van der Waals surface area (Å²) in [6, 6.07) is 20.3. The molecular formula is C37H43NO5. The molecule has 1 unspecified atom stereocenters. The Bertz CT molecular complexity index is 1520. The Kier molecular flexibility index (Phi) is 8.95. The molecule has 0 bridgehead atoms. The molecule has 5 rings (SSSR count). The van der Waals surface area contributed by atoms with Crippen LogP contribution >= 0.6 is 0 Å². The van der Waals surface area contributed by atoms with Crippen molar-refractivity contribution in [1.29, 1.82) is 0 Å². The molecule has 1 amide bonds. The highest BCUT2D eigenvalue weighted by Gasteiger charge is 2.33. The van der Waals surface area contributed by atoms with Gasteiger partial charge in [-0.3, -0.25) is 0 Å². The number of esters is 1. The first-order chi connectivity index (χ1) is 20.6. The molecule has 3 aromatic rings. The van der Waals surface area contributed by atoms with Crippen LogP contribution in [0.1, 0.15) is 103 Å². The lowest BCUT2D eigenvalue weighted by Gasteiger charge is -2.36. The number of fused-ring (bicyclic) bond motifs is 2. The first kappa shape index (κ1) is 30.4. The van der Waals surface area contributed by atoms with Crippen molar-refractivity contribution in [3.05, 3.63) is 106 Å². The number of aryl methyl sites for hydroxylation is 2. The number of benzene rings is 3. The standard InChI is InChI=1S/C37H43NO5/c1-24-18-19-27(22-32(24)35(39)41-6)33-23-28(42-34-17-10-9-15-31(33)34)20-21-38(36(40)43-37(3,4)5)25(2)29-16-11-13-26-12-7-8-14-30(26)29/h8-11,13-19,22,25,28,33H,7,12,20-21,23H2,1-6H3/t25-,28-,33?/m1/s1. The number of carbonyl (C=O) groups is 2. The second kappa shape index (κ2) is 12.7. The number of methoxy groups -OCH3 is 1. The van der Waals surface area contributed by atoms with Gasteiger partial charge < -0.3 is 19.1 Å². The molecule has 3 atom stereocenters. The van der Waals surface area contributed by atoms with Crippen LogP contribution in [0.2, 0.25) is 0 Å². The van der Waals surface area contributed by atoms with Crippen LogP contribution in [-0.2, 0) is 15.9 Å². The minimum Gasteiger partial charge on any atom is -0.490 e. The fourth-order valence-electron chi connectivity index (χ4n) is 6.24. The van der Waals surface area contributed by atoms with E-state index in [4.69, 9.17) is 14.2 Å². The first-order valence-corrected chi connectivity index (χ1v) is 15.3. The van der Waals surface area contributed by atoms with Crippen molar-refractivity contribution in [2.75, 3.05) is 13.7 Å². The van der Waals surface area contributed by atoms with Gasteiger partial charge in [-0.2, -0.15) is 0 Å². The highest BCUT2D eigenvalue weighted by Crippen LogP contribution is 2.42. The largest absolute Gasteiger partial charge is 0.490 e. The van der Waals surface area contributed by atoms with Gasteiger partial charge in [0.05, 0.1) is 18.7 Å². The summed E-state index contributed by atoms with van der Waals surface area (Å²) in [5.74, 6) is 0.539. The van der Waals surface area contributed by atoms with Gasteiger partial charge in [-0.05, 0) is 93.8 Å². The van der Waals surface area contributed by atoms with Gasteiger partial charge >= 0.3 is 12.1 Å². The Morgan fingerprint density at radius 1 is 1.07 bits per heavy atom. The summed E-state index contributed by atoms with van der Waals surface area (Å²) >= 11 is 0. The SMILES string of the molecule is COC(=O)c1cc(C2C[C@@H](CCN(C(=O)OC(C)(C)C)[C@H](C)c3cccc4c3C=CCC4)Oc3ccccc32)ccc1C. The van der Waals surface area contributed by atoms with E-state index in [1.807, 2.05) is 62.9 Å². The van der Waals surface area contributed by atoms with Crippen molar-refractivity contribution in [3.63, 3.8) is 0 Å². The molecule has 0 saturated heterocycles. The predicted molar refractivity (Wildman–Crippen MR) is 170 cm³/mol. The molecule has 6 heteroatoms. The number of allylic oxidation sites excluding steroid dienone is 1. The van der Waals surface area contributed by atoms with Gasteiger partial charge in [0.1, 0.15) is 17.5 Å². The first-order valence-electron chi connectivity index (χ1n) is 15.3. The highest BCUT2D eigenvalue weighted by atomic mass is 16.6. The molecule has 0 N–H and O–H groups in total. The number of hydrogen-bond donors (Lipinski definition) is 0. The lowest BCUT2D eigenvalue weighted by Crippen LogP contribution is -2.41. The molecule has 0 aromatic heterocycles. The van der Waals surface area contributed by atoms with Crippen LogP contribution in [0, 0.1) is 6.92 Å². The fraction of sp³-hybridized carbons (Fsp3) is 0.405. The monoisotopic (exact) mass is 581 g/mol. The smallest absolute Gasteiger partial charge is 0.410 e. The quantitative estimate of drug-likeness (QED) is 0.262. The Morgan fingerprint density at radius 3 is 2.63 bits per heavy atom. The maximum Gasteiger partial charge on any atom is 0.410 e. The molecule has 1 aliphatic carbocycles. The summed E-state index contributed by atoms with van der Waals surface area (Å²) in [6.07, 6.45) is 7.33. The van der Waals surface area contributed by atoms with Gasteiger partial charge in [-0.1, -0.05) is 60.7 Å². The van der Waals surface area contributed by atoms with Crippen molar-refractivity contribution < 1.29 is 23.8 Å². The molecule has 0 saturated carbocycles. The third kappa shape index (κ3) is 6.79. The van der Waals surface area contributed by atoms with Crippen LogP contribution < -0.4 is 4.74 Å². The van der Waals surface area contributed by atoms with E-state index >= 15 is 0 Å². The Balaban J connectivity index is 1.42. The number of para-hydroxylation sites is 1. The topological polar surface area (TPSA) is 65.1 Å². The number of nitrogens with zero attached hydrogens (tertiary/aromatic N) is 1. The Morgan fingerprint density at radius 2 is 1.86 bits per heavy atom. The molecule has 226 valence electrons. The molecular weight excluding hydrogens is 538 g/mol. The van der Waals surface area contributed by atoms with E-state index in [1.54, 1.807) is 0 Å². The lowest BCUT2D eigenvalue weighted by molar-refractivity contribution is 0.0140. The summed E-state index contributed by atoms with van der Waals surface area (Å²) in [6.45, 7) is 10.2. The van der Waals surface area contributed by atoms with Crippen LogP contribution in [0.15, 0.2) is 66.7 Å². The molecule has 0 spiro atoms. The molecule has 1 heterocycles. The number of ether oxygens (including phenoxy) is 3. The summed E-state index contributed by atoms with van der Waals surface area (Å²) in [5, 5.41) is 0. The van der Waals surface area contributed by atoms with Crippen molar-refractivity contribution in [3.8, 4) is 5.75 Å². The Hall–Kier alpha value is -4.06. The third-order valence-electron chi connectivity index (χ3n) is 8.49. The van der Waals surface area contributed by atoms with E-state index in [-0.39, 0.29) is 30.1 Å². The number of hydrogen-bond acceptors (Lipinski definition) is 5. The molecule has 0 fully saturated rings. The third-order valence-corrected chi connectivity index (χ3v) is 8.49. The Labute approximate surface area is 255 Å². The summed E-state index contributed by atoms with van der Waals surface area (Å²) in [4.78, 5) is 28.0. The number of rotatable bonds is 7. The maximum absolute atomic E-state index is 13.7. The van der Waals surface area contributed by atoms with Gasteiger partial charge in [0.25, 0.3) is 0 Å². The minimum absolute atomic E-state index is 0.0395. The molecule has 0 radical (unpaired) electrons. The van der Waals surface area contributed by atoms with Crippen LogP contribution in [0.25, 0.3) is 6.08 Å². The van der Waals surface area contributed by atoms with Crippen LogP contribution in [0.5, 0.6) is 5.75 Å². The van der Waals surface area contributed by atoms with Crippen LogP contribution in [-0.4, -0.2) is 42.3 Å². The zero-order valence-electron chi connectivity index (χ0n) is 26.2. The van der Waals surface area contributed by atoms with E-state index in [2.05, 4.69) is 49.4 Å². The lowest BCUT2D eigenvalue weighted by atomic mass is 9.82. The zero-order chi connectivity index (χ0) is 30.7. The maximum atomic E-state index is 13.7. The van der Waals surface area contributed by atoms with E-state index in [9.17, 15) is 9.59 Å². The van der Waals surface area contributed by atoms with Crippen molar-refractivity contribution >= 4 is 18.1 Å². The molecule has 2 aliphatic rings. The summed E-state index contributed by atoms with van der Waals surface area (Å²) < 4.78 is 17.5. The highest BCUT2D eigenvalue weighted by molar-refractivity contribution is 5.91. The second-order valence-electron chi connectivity index (χ2n) is 12.6. The van der Waals surface area contributed by atoms with Crippen molar-refractivity contribution in [1.82, 2.24) is 4.90 Å². The van der Waals surface area contributed by atoms with Crippen molar-refractivity contribution in [2.24, 2.45) is 0 Å². The van der Waals surface area contributed by atoms with Gasteiger partial charge in [0.2, 0.25) is 0 Å². The summed E-state index contributed by atoms with van der Waals surface area (Å²) in [5.41, 5.74) is 6.64. The van der Waals surface area contributed by atoms with E-state index in [1.165, 1.54) is 18.2 Å². The van der Waals surface area contributed by atoms with Crippen molar-refractivity contribution in [2.45, 2.75) is 84.0 Å². The average Bonchev–Trinajstić information content (AvgIpc) is 2.99. The van der Waals surface area contributed by atoms with Crippen LogP contribution in [0.4, 0.5) is 4.79 Å². The summed E-state index contributed by atoms with van der Waals surface area (Å²) in [7, 11) is 1.41. The zero-order valence-corrected chi connectivity index (χ0v) is 26.2. The van der Waals surface area contributed by atoms with Gasteiger partial charge in [0.15, 0.2) is 0 Å². The predicted octanol–water partition coefficient (Wildman–Crippen LogP) is 8.41. The van der Waals surface area contributed by atoms with Gasteiger partial charge in [-0.25, -0.2) is 9.59 Å². The molecule has 6 nitrogen and oxygen atoms in total. The van der Waals surface area contributed by atoms with Crippen LogP contribution in [0.3, 0.4) is 0 Å². The van der Waals surface area contributed by atoms with E-state index in [0.29, 0.717) is 18.5 Å². The van der Waals surface area contributed by atoms with E-state index in [0.717, 1.165) is 47.3 Å². The fourth-order valence-corrected chi connectivity index (χ4v) is 6.24. The average molecular weight is 582 g/mol. The number of amides is 1.